The number of aryl methyl sites for hydroxylation is 1. The molecule has 0 heterocycles. The molecule has 2 heteroatoms. The largest absolute Gasteiger partial charge is 0.298 e. The molecule has 0 radical (unpaired) electrons. The van der Waals surface area contributed by atoms with Crippen LogP contribution in [0.25, 0.3) is 10.8 Å². The molecule has 0 saturated heterocycles. The fraction of sp³-hybridized carbons (Fsp3) is 0.0526. The molecule has 0 amide bonds. The zero-order chi connectivity index (χ0) is 14.8. The SMILES string of the molecule is Cc1ccccc1C(=O)c1cc2ccccc2cc1C=O. The molecule has 0 aliphatic carbocycles. The molecular weight excluding hydrogens is 260 g/mol. The van der Waals surface area contributed by atoms with E-state index in [9.17, 15) is 9.59 Å². The average molecular weight is 274 g/mol. The van der Waals surface area contributed by atoms with E-state index in [1.807, 2.05) is 49.4 Å². The van der Waals surface area contributed by atoms with Gasteiger partial charge in [0.15, 0.2) is 12.1 Å². The molecule has 0 unspecified atom stereocenters. The van der Waals surface area contributed by atoms with Crippen molar-refractivity contribution in [3.8, 4) is 0 Å². The molecule has 0 N–H and O–H groups in total. The molecule has 0 bridgehead atoms. The van der Waals surface area contributed by atoms with Crippen molar-refractivity contribution in [2.45, 2.75) is 6.92 Å². The van der Waals surface area contributed by atoms with Crippen LogP contribution < -0.4 is 0 Å². The lowest BCUT2D eigenvalue weighted by Gasteiger charge is -2.09. The van der Waals surface area contributed by atoms with E-state index in [1.54, 1.807) is 18.2 Å². The van der Waals surface area contributed by atoms with Crippen molar-refractivity contribution >= 4 is 22.8 Å². The highest BCUT2D eigenvalue weighted by Crippen LogP contribution is 2.22. The van der Waals surface area contributed by atoms with Gasteiger partial charge >= 0.3 is 0 Å². The van der Waals surface area contributed by atoms with Crippen LogP contribution in [0.1, 0.15) is 31.8 Å². The molecule has 3 aromatic carbocycles. The summed E-state index contributed by atoms with van der Waals surface area (Å²) in [5, 5.41) is 1.92. The summed E-state index contributed by atoms with van der Waals surface area (Å²) in [7, 11) is 0. The van der Waals surface area contributed by atoms with E-state index in [-0.39, 0.29) is 5.78 Å². The minimum atomic E-state index is -0.110. The van der Waals surface area contributed by atoms with E-state index >= 15 is 0 Å². The second-order valence-corrected chi connectivity index (χ2v) is 5.05. The van der Waals surface area contributed by atoms with E-state index in [2.05, 4.69) is 0 Å². The van der Waals surface area contributed by atoms with Gasteiger partial charge in [0, 0.05) is 16.7 Å². The first-order valence-electron chi connectivity index (χ1n) is 6.79. The Morgan fingerprint density at radius 1 is 0.857 bits per heavy atom. The number of carbonyl (C=O) groups is 2. The molecule has 3 rings (SSSR count). The number of carbonyl (C=O) groups excluding carboxylic acids is 2. The van der Waals surface area contributed by atoms with Gasteiger partial charge in [0.1, 0.15) is 0 Å². The molecule has 0 aromatic heterocycles. The Balaban J connectivity index is 2.21. The number of ketones is 1. The lowest BCUT2D eigenvalue weighted by atomic mass is 9.93. The fourth-order valence-corrected chi connectivity index (χ4v) is 2.52. The minimum Gasteiger partial charge on any atom is -0.298 e. The summed E-state index contributed by atoms with van der Waals surface area (Å²) in [5.41, 5.74) is 2.43. The highest BCUT2D eigenvalue weighted by molar-refractivity contribution is 6.15. The summed E-state index contributed by atoms with van der Waals surface area (Å²) >= 11 is 0. The van der Waals surface area contributed by atoms with Gasteiger partial charge in [-0.2, -0.15) is 0 Å². The molecular formula is C19H14O2. The van der Waals surface area contributed by atoms with E-state index in [4.69, 9.17) is 0 Å². The Morgan fingerprint density at radius 3 is 2.14 bits per heavy atom. The number of hydrogen-bond acceptors (Lipinski definition) is 2. The maximum atomic E-state index is 12.7. The van der Waals surface area contributed by atoms with E-state index in [0.717, 1.165) is 22.6 Å². The molecule has 0 spiro atoms. The summed E-state index contributed by atoms with van der Waals surface area (Å²) in [6, 6.07) is 18.7. The summed E-state index contributed by atoms with van der Waals surface area (Å²) in [6.07, 6.45) is 0.748. The smallest absolute Gasteiger partial charge is 0.194 e. The Hall–Kier alpha value is -2.74. The Kier molecular flexibility index (Phi) is 3.36. The molecule has 0 aliphatic rings. The van der Waals surface area contributed by atoms with Gasteiger partial charge in [0.25, 0.3) is 0 Å². The van der Waals surface area contributed by atoms with Crippen molar-refractivity contribution in [2.24, 2.45) is 0 Å². The minimum absolute atomic E-state index is 0.110. The van der Waals surface area contributed by atoms with Gasteiger partial charge in [0.05, 0.1) is 0 Å². The van der Waals surface area contributed by atoms with Crippen LogP contribution in [-0.4, -0.2) is 12.1 Å². The van der Waals surface area contributed by atoms with Crippen LogP contribution in [0.2, 0.25) is 0 Å². The molecule has 0 saturated carbocycles. The first-order valence-corrected chi connectivity index (χ1v) is 6.79. The standard InChI is InChI=1S/C19H14O2/c1-13-6-2-5-9-17(13)19(21)18-11-15-8-4-3-7-14(15)10-16(18)12-20/h2-12H,1H3. The van der Waals surface area contributed by atoms with Gasteiger partial charge in [0.2, 0.25) is 0 Å². The maximum absolute atomic E-state index is 12.7. The van der Waals surface area contributed by atoms with Crippen molar-refractivity contribution in [3.05, 3.63) is 82.9 Å². The van der Waals surface area contributed by atoms with Gasteiger partial charge in [-0.3, -0.25) is 9.59 Å². The quantitative estimate of drug-likeness (QED) is 0.530. The Labute approximate surface area is 123 Å². The summed E-state index contributed by atoms with van der Waals surface area (Å²) < 4.78 is 0. The lowest BCUT2D eigenvalue weighted by Crippen LogP contribution is -2.07. The van der Waals surface area contributed by atoms with Crippen molar-refractivity contribution in [3.63, 3.8) is 0 Å². The van der Waals surface area contributed by atoms with Crippen molar-refractivity contribution in [1.29, 1.82) is 0 Å². The van der Waals surface area contributed by atoms with Gasteiger partial charge in [-0.1, -0.05) is 48.5 Å². The van der Waals surface area contributed by atoms with Crippen LogP contribution in [0.5, 0.6) is 0 Å². The molecule has 2 nitrogen and oxygen atoms in total. The van der Waals surface area contributed by atoms with Gasteiger partial charge in [-0.15, -0.1) is 0 Å². The molecule has 102 valence electrons. The zero-order valence-electron chi connectivity index (χ0n) is 11.7. The predicted octanol–water partition coefficient (Wildman–Crippen LogP) is 4.19. The maximum Gasteiger partial charge on any atom is 0.194 e. The van der Waals surface area contributed by atoms with Gasteiger partial charge in [-0.25, -0.2) is 0 Å². The molecule has 21 heavy (non-hydrogen) atoms. The molecule has 0 atom stereocenters. The van der Waals surface area contributed by atoms with E-state index in [1.165, 1.54) is 0 Å². The first kappa shape index (κ1) is 13.3. The van der Waals surface area contributed by atoms with Gasteiger partial charge < -0.3 is 0 Å². The third-order valence-electron chi connectivity index (χ3n) is 3.68. The van der Waals surface area contributed by atoms with Crippen LogP contribution >= 0.6 is 0 Å². The highest BCUT2D eigenvalue weighted by Gasteiger charge is 2.16. The topological polar surface area (TPSA) is 34.1 Å². The van der Waals surface area contributed by atoms with E-state index < -0.39 is 0 Å². The second kappa shape index (κ2) is 5.33. The highest BCUT2D eigenvalue weighted by atomic mass is 16.1. The number of aldehydes is 1. The fourth-order valence-electron chi connectivity index (χ4n) is 2.52. The van der Waals surface area contributed by atoms with Crippen LogP contribution in [-0.2, 0) is 0 Å². The van der Waals surface area contributed by atoms with Crippen LogP contribution in [0, 0.1) is 6.92 Å². The second-order valence-electron chi connectivity index (χ2n) is 5.05. The normalized spacial score (nSPS) is 10.5. The number of rotatable bonds is 3. The summed E-state index contributed by atoms with van der Waals surface area (Å²) in [4.78, 5) is 24.1. The van der Waals surface area contributed by atoms with Crippen LogP contribution in [0.3, 0.4) is 0 Å². The number of benzene rings is 3. The molecule has 0 aliphatic heterocycles. The summed E-state index contributed by atoms with van der Waals surface area (Å²) in [6.45, 7) is 1.90. The summed E-state index contributed by atoms with van der Waals surface area (Å²) in [5.74, 6) is -0.110. The zero-order valence-corrected chi connectivity index (χ0v) is 11.7. The van der Waals surface area contributed by atoms with E-state index in [0.29, 0.717) is 16.7 Å². The monoisotopic (exact) mass is 274 g/mol. The Bertz CT molecular complexity index is 847. The van der Waals surface area contributed by atoms with Crippen molar-refractivity contribution in [2.75, 3.05) is 0 Å². The number of hydrogen-bond donors (Lipinski definition) is 0. The third kappa shape index (κ3) is 2.36. The number of fused-ring (bicyclic) bond motifs is 1. The first-order chi connectivity index (χ1) is 10.2. The van der Waals surface area contributed by atoms with Crippen molar-refractivity contribution < 1.29 is 9.59 Å². The average Bonchev–Trinajstić information content (AvgIpc) is 2.53. The Morgan fingerprint density at radius 2 is 1.48 bits per heavy atom. The van der Waals surface area contributed by atoms with Crippen LogP contribution in [0.15, 0.2) is 60.7 Å². The van der Waals surface area contributed by atoms with Crippen molar-refractivity contribution in [1.82, 2.24) is 0 Å². The molecule has 0 fully saturated rings. The third-order valence-corrected chi connectivity index (χ3v) is 3.68. The van der Waals surface area contributed by atoms with Crippen LogP contribution in [0.4, 0.5) is 0 Å². The predicted molar refractivity (Wildman–Crippen MR) is 83.9 cm³/mol. The lowest BCUT2D eigenvalue weighted by molar-refractivity contribution is 0.102. The molecule has 3 aromatic rings. The van der Waals surface area contributed by atoms with Gasteiger partial charge in [-0.05, 0) is 35.4 Å².